The number of carbonyl (C=O) groups is 2. The second-order valence-corrected chi connectivity index (χ2v) is 9.55. The Morgan fingerprint density at radius 3 is 1.45 bits per heavy atom. The number of hydrogen-bond acceptors (Lipinski definition) is 4. The average molecular weight is 461 g/mol. The zero-order chi connectivity index (χ0) is 24.5. The first-order valence-electron chi connectivity index (χ1n) is 13.4. The van der Waals surface area contributed by atoms with E-state index in [9.17, 15) is 9.59 Å². The van der Waals surface area contributed by atoms with Crippen molar-refractivity contribution in [3.05, 3.63) is 23.8 Å². The molecule has 1 rings (SSSR count). The molecule has 0 radical (unpaired) electrons. The number of hydrogen-bond donors (Lipinski definition) is 0. The van der Waals surface area contributed by atoms with Gasteiger partial charge in [0.15, 0.2) is 0 Å². The number of rotatable bonds is 18. The van der Waals surface area contributed by atoms with Crippen molar-refractivity contribution in [1.82, 2.24) is 0 Å². The molecule has 33 heavy (non-hydrogen) atoms. The van der Waals surface area contributed by atoms with Gasteiger partial charge in [-0.2, -0.15) is 0 Å². The van der Waals surface area contributed by atoms with E-state index in [-0.39, 0.29) is 11.9 Å². The molecule has 4 nitrogen and oxygen atoms in total. The van der Waals surface area contributed by atoms with Gasteiger partial charge in [-0.3, -0.25) is 9.59 Å². The number of carbonyl (C=O) groups excluding carboxylic acids is 2. The Labute approximate surface area is 202 Å². The lowest BCUT2D eigenvalue weighted by molar-refractivity contribution is -0.135. The third kappa shape index (κ3) is 13.5. The zero-order valence-electron chi connectivity index (χ0n) is 21.9. The van der Waals surface area contributed by atoms with E-state index in [1.807, 2.05) is 19.1 Å². The predicted molar refractivity (Wildman–Crippen MR) is 137 cm³/mol. The number of benzene rings is 1. The summed E-state index contributed by atoms with van der Waals surface area (Å²) < 4.78 is 11.2. The SMILES string of the molecule is CCCCCC(CC)CCC(=O)Oc1cc(C)cc(OC(=O)CCC(CC)CCCCC)c1. The van der Waals surface area contributed by atoms with E-state index >= 15 is 0 Å². The van der Waals surface area contributed by atoms with Crippen LogP contribution in [0.3, 0.4) is 0 Å². The molecule has 0 bridgehead atoms. The van der Waals surface area contributed by atoms with Gasteiger partial charge in [-0.25, -0.2) is 0 Å². The Bertz CT molecular complexity index is 628. The summed E-state index contributed by atoms with van der Waals surface area (Å²) >= 11 is 0. The fourth-order valence-electron chi connectivity index (χ4n) is 4.31. The van der Waals surface area contributed by atoms with Gasteiger partial charge in [-0.15, -0.1) is 0 Å². The van der Waals surface area contributed by atoms with Crippen LogP contribution in [-0.2, 0) is 9.59 Å². The largest absolute Gasteiger partial charge is 0.426 e. The number of esters is 2. The number of unbranched alkanes of at least 4 members (excludes halogenated alkanes) is 4. The molecule has 2 atom stereocenters. The first kappa shape index (κ1) is 29.2. The number of ether oxygens (including phenoxy) is 2. The highest BCUT2D eigenvalue weighted by Gasteiger charge is 2.14. The first-order chi connectivity index (χ1) is 15.9. The molecule has 0 saturated carbocycles. The highest BCUT2D eigenvalue weighted by atomic mass is 16.5. The maximum atomic E-state index is 12.4. The van der Waals surface area contributed by atoms with Gasteiger partial charge >= 0.3 is 11.9 Å². The second-order valence-electron chi connectivity index (χ2n) is 9.55. The summed E-state index contributed by atoms with van der Waals surface area (Å²) in [4.78, 5) is 24.8. The summed E-state index contributed by atoms with van der Waals surface area (Å²) in [6.07, 6.45) is 14.5. The second kappa shape index (κ2) is 17.6. The fraction of sp³-hybridized carbons (Fsp3) is 0.724. The van der Waals surface area contributed by atoms with Gasteiger partial charge in [0.25, 0.3) is 0 Å². The summed E-state index contributed by atoms with van der Waals surface area (Å²) in [6.45, 7) is 10.7. The molecular weight excluding hydrogens is 412 g/mol. The Kier molecular flexibility index (Phi) is 15.6. The Morgan fingerprint density at radius 2 is 1.09 bits per heavy atom. The Morgan fingerprint density at radius 1 is 0.667 bits per heavy atom. The molecule has 4 heteroatoms. The van der Waals surface area contributed by atoms with Crippen LogP contribution in [0.2, 0.25) is 0 Å². The third-order valence-electron chi connectivity index (χ3n) is 6.59. The Balaban J connectivity index is 2.53. The molecule has 0 heterocycles. The molecule has 1 aromatic rings. The highest BCUT2D eigenvalue weighted by molar-refractivity contribution is 5.74. The van der Waals surface area contributed by atoms with Crippen LogP contribution in [-0.4, -0.2) is 11.9 Å². The molecule has 0 amide bonds. The van der Waals surface area contributed by atoms with E-state index in [4.69, 9.17) is 9.47 Å². The van der Waals surface area contributed by atoms with Gasteiger partial charge < -0.3 is 9.47 Å². The fourth-order valence-corrected chi connectivity index (χ4v) is 4.31. The van der Waals surface area contributed by atoms with E-state index in [1.165, 1.54) is 51.4 Å². The van der Waals surface area contributed by atoms with Crippen LogP contribution in [0.15, 0.2) is 18.2 Å². The lowest BCUT2D eigenvalue weighted by Gasteiger charge is -2.15. The topological polar surface area (TPSA) is 52.6 Å². The minimum absolute atomic E-state index is 0.218. The van der Waals surface area contributed by atoms with Gasteiger partial charge in [-0.1, -0.05) is 91.9 Å². The monoisotopic (exact) mass is 460 g/mol. The van der Waals surface area contributed by atoms with Crippen LogP contribution in [0, 0.1) is 18.8 Å². The van der Waals surface area contributed by atoms with Crippen molar-refractivity contribution in [2.75, 3.05) is 0 Å². The summed E-state index contributed by atoms with van der Waals surface area (Å²) in [7, 11) is 0. The maximum absolute atomic E-state index is 12.4. The van der Waals surface area contributed by atoms with Gasteiger partial charge in [0.1, 0.15) is 11.5 Å². The summed E-state index contributed by atoms with van der Waals surface area (Å²) in [5.41, 5.74) is 0.903. The van der Waals surface area contributed by atoms with E-state index in [1.54, 1.807) is 6.07 Å². The van der Waals surface area contributed by atoms with Crippen molar-refractivity contribution in [2.24, 2.45) is 11.8 Å². The van der Waals surface area contributed by atoms with Crippen molar-refractivity contribution in [2.45, 2.75) is 125 Å². The van der Waals surface area contributed by atoms with Gasteiger partial charge in [-0.05, 0) is 49.3 Å². The van der Waals surface area contributed by atoms with E-state index < -0.39 is 0 Å². The minimum Gasteiger partial charge on any atom is -0.426 e. The van der Waals surface area contributed by atoms with Crippen LogP contribution in [0.4, 0.5) is 0 Å². The Hall–Kier alpha value is -1.84. The highest BCUT2D eigenvalue weighted by Crippen LogP contribution is 2.26. The summed E-state index contributed by atoms with van der Waals surface area (Å²) in [5, 5.41) is 0. The van der Waals surface area contributed by atoms with Crippen LogP contribution in [0.5, 0.6) is 11.5 Å². The van der Waals surface area contributed by atoms with Crippen molar-refractivity contribution >= 4 is 11.9 Å². The summed E-state index contributed by atoms with van der Waals surface area (Å²) in [6, 6.07) is 5.28. The quantitative estimate of drug-likeness (QED) is 0.125. The lowest BCUT2D eigenvalue weighted by Crippen LogP contribution is -2.12. The maximum Gasteiger partial charge on any atom is 0.311 e. The summed E-state index contributed by atoms with van der Waals surface area (Å²) in [5.74, 6) is 1.62. The van der Waals surface area contributed by atoms with Gasteiger partial charge in [0.05, 0.1) is 0 Å². The molecule has 188 valence electrons. The average Bonchev–Trinajstić information content (AvgIpc) is 2.78. The standard InChI is InChI=1S/C29H48O4/c1-6-10-12-14-24(8-3)16-18-28(30)32-26-20-23(5)21-27(22-26)33-29(31)19-17-25(9-4)15-13-11-7-2/h20-22,24-25H,6-19H2,1-5H3. The van der Waals surface area contributed by atoms with E-state index in [0.717, 1.165) is 31.2 Å². The minimum atomic E-state index is -0.218. The van der Waals surface area contributed by atoms with Crippen molar-refractivity contribution < 1.29 is 19.1 Å². The van der Waals surface area contributed by atoms with Gasteiger partial charge in [0.2, 0.25) is 0 Å². The molecule has 2 unspecified atom stereocenters. The molecule has 0 aliphatic carbocycles. The molecule has 0 aliphatic heterocycles. The molecule has 0 spiro atoms. The van der Waals surface area contributed by atoms with Crippen LogP contribution < -0.4 is 9.47 Å². The van der Waals surface area contributed by atoms with Crippen molar-refractivity contribution in [3.63, 3.8) is 0 Å². The van der Waals surface area contributed by atoms with Crippen LogP contribution in [0.25, 0.3) is 0 Å². The number of aryl methyl sites for hydroxylation is 1. The first-order valence-corrected chi connectivity index (χ1v) is 13.4. The van der Waals surface area contributed by atoms with Crippen LogP contribution >= 0.6 is 0 Å². The smallest absolute Gasteiger partial charge is 0.311 e. The van der Waals surface area contributed by atoms with Crippen molar-refractivity contribution in [1.29, 1.82) is 0 Å². The normalized spacial score (nSPS) is 12.9. The van der Waals surface area contributed by atoms with E-state index in [0.29, 0.717) is 36.2 Å². The molecule has 0 saturated heterocycles. The van der Waals surface area contributed by atoms with E-state index in [2.05, 4.69) is 27.7 Å². The molecule has 1 aromatic carbocycles. The molecule has 0 aliphatic rings. The third-order valence-corrected chi connectivity index (χ3v) is 6.59. The predicted octanol–water partition coefficient (Wildman–Crippen LogP) is 8.58. The zero-order valence-corrected chi connectivity index (χ0v) is 21.9. The lowest BCUT2D eigenvalue weighted by atomic mass is 9.94. The molecule has 0 fully saturated rings. The molecular formula is C29H48O4. The molecule has 0 N–H and O–H groups in total. The van der Waals surface area contributed by atoms with Crippen molar-refractivity contribution in [3.8, 4) is 11.5 Å². The molecule has 0 aromatic heterocycles. The van der Waals surface area contributed by atoms with Gasteiger partial charge in [0, 0.05) is 18.9 Å². The van der Waals surface area contributed by atoms with Crippen LogP contribution in [0.1, 0.15) is 123 Å².